The second-order valence-corrected chi connectivity index (χ2v) is 9.32. The SMILES string of the molecule is Cc1ccc(N2C[C@@H](C(=O)Oc3ccc(N4C(=O)[C@H]5[C@@H](C)C=CC[C@H]5C4=O)cc3)CC2=O)cc1. The highest BCUT2D eigenvalue weighted by Crippen LogP contribution is 2.40. The van der Waals surface area contributed by atoms with E-state index < -0.39 is 11.9 Å². The Labute approximate surface area is 198 Å². The van der Waals surface area contributed by atoms with Crippen molar-refractivity contribution in [1.29, 1.82) is 0 Å². The molecule has 2 saturated heterocycles. The Bertz CT molecular complexity index is 1180. The Morgan fingerprint density at radius 3 is 2.29 bits per heavy atom. The molecule has 34 heavy (non-hydrogen) atoms. The molecule has 3 amide bonds. The van der Waals surface area contributed by atoms with Gasteiger partial charge in [0.15, 0.2) is 0 Å². The number of carbonyl (C=O) groups is 4. The molecule has 7 heteroatoms. The van der Waals surface area contributed by atoms with Gasteiger partial charge in [0.25, 0.3) is 0 Å². The van der Waals surface area contributed by atoms with Crippen LogP contribution in [-0.2, 0) is 19.2 Å². The molecular formula is C27H26N2O5. The number of hydrogen-bond donors (Lipinski definition) is 0. The van der Waals surface area contributed by atoms with Gasteiger partial charge in [0.2, 0.25) is 17.7 Å². The molecule has 2 heterocycles. The van der Waals surface area contributed by atoms with Crippen molar-refractivity contribution in [2.24, 2.45) is 23.7 Å². The number of amides is 3. The zero-order chi connectivity index (χ0) is 24.0. The summed E-state index contributed by atoms with van der Waals surface area (Å²) in [5, 5.41) is 0. The third kappa shape index (κ3) is 3.81. The lowest BCUT2D eigenvalue weighted by Crippen LogP contribution is -2.31. The third-order valence-electron chi connectivity index (χ3n) is 6.99. The fraction of sp³-hybridized carbons (Fsp3) is 0.333. The van der Waals surface area contributed by atoms with Crippen LogP contribution in [0.5, 0.6) is 5.75 Å². The summed E-state index contributed by atoms with van der Waals surface area (Å²) in [6, 6.07) is 14.0. The summed E-state index contributed by atoms with van der Waals surface area (Å²) in [6.45, 7) is 4.20. The highest BCUT2D eigenvalue weighted by atomic mass is 16.5. The average molecular weight is 459 g/mol. The van der Waals surface area contributed by atoms with E-state index in [1.807, 2.05) is 50.3 Å². The first-order chi connectivity index (χ1) is 16.3. The summed E-state index contributed by atoms with van der Waals surface area (Å²) >= 11 is 0. The smallest absolute Gasteiger partial charge is 0.316 e. The van der Waals surface area contributed by atoms with E-state index in [1.54, 1.807) is 29.2 Å². The van der Waals surface area contributed by atoms with Gasteiger partial charge < -0.3 is 9.64 Å². The molecule has 2 fully saturated rings. The highest BCUT2D eigenvalue weighted by Gasteiger charge is 2.50. The van der Waals surface area contributed by atoms with E-state index >= 15 is 0 Å². The normalized spacial score (nSPS) is 26.2. The second-order valence-electron chi connectivity index (χ2n) is 9.32. The van der Waals surface area contributed by atoms with Gasteiger partial charge in [-0.1, -0.05) is 36.8 Å². The highest BCUT2D eigenvalue weighted by molar-refractivity contribution is 6.22. The van der Waals surface area contributed by atoms with E-state index in [0.717, 1.165) is 11.3 Å². The van der Waals surface area contributed by atoms with E-state index in [1.165, 1.54) is 4.90 Å². The monoisotopic (exact) mass is 458 g/mol. The van der Waals surface area contributed by atoms with Gasteiger partial charge >= 0.3 is 5.97 Å². The lowest BCUT2D eigenvalue weighted by atomic mass is 9.78. The largest absolute Gasteiger partial charge is 0.426 e. The summed E-state index contributed by atoms with van der Waals surface area (Å²) in [6.07, 6.45) is 4.63. The predicted octanol–water partition coefficient (Wildman–Crippen LogP) is 3.66. The number of ether oxygens (including phenoxy) is 1. The van der Waals surface area contributed by atoms with Crippen molar-refractivity contribution in [2.45, 2.75) is 26.7 Å². The first-order valence-electron chi connectivity index (χ1n) is 11.6. The van der Waals surface area contributed by atoms with Crippen LogP contribution in [0.2, 0.25) is 0 Å². The molecular weight excluding hydrogens is 432 g/mol. The molecule has 2 aromatic rings. The van der Waals surface area contributed by atoms with Crippen LogP contribution in [0.15, 0.2) is 60.7 Å². The first kappa shape index (κ1) is 22.1. The third-order valence-corrected chi connectivity index (χ3v) is 6.99. The van der Waals surface area contributed by atoms with Crippen molar-refractivity contribution < 1.29 is 23.9 Å². The van der Waals surface area contributed by atoms with Crippen LogP contribution in [0.3, 0.4) is 0 Å². The first-order valence-corrected chi connectivity index (χ1v) is 11.6. The molecule has 3 aliphatic rings. The molecule has 174 valence electrons. The minimum Gasteiger partial charge on any atom is -0.426 e. The molecule has 7 nitrogen and oxygen atoms in total. The number of allylic oxidation sites excluding steroid dienone is 2. The number of fused-ring (bicyclic) bond motifs is 1. The van der Waals surface area contributed by atoms with Gasteiger partial charge in [0.05, 0.1) is 23.4 Å². The summed E-state index contributed by atoms with van der Waals surface area (Å²) in [7, 11) is 0. The maximum absolute atomic E-state index is 12.9. The molecule has 2 aromatic carbocycles. The number of hydrogen-bond acceptors (Lipinski definition) is 5. The number of imide groups is 1. The van der Waals surface area contributed by atoms with E-state index in [-0.39, 0.29) is 48.4 Å². The van der Waals surface area contributed by atoms with Crippen molar-refractivity contribution in [1.82, 2.24) is 0 Å². The number of aryl methyl sites for hydroxylation is 1. The molecule has 5 rings (SSSR count). The van der Waals surface area contributed by atoms with Crippen molar-refractivity contribution >= 4 is 35.1 Å². The Hall–Kier alpha value is -3.74. The molecule has 0 N–H and O–H groups in total. The number of carbonyl (C=O) groups excluding carboxylic acids is 4. The van der Waals surface area contributed by atoms with Gasteiger partial charge in [-0.25, -0.2) is 0 Å². The van der Waals surface area contributed by atoms with E-state index in [4.69, 9.17) is 4.74 Å². The number of anilines is 2. The van der Waals surface area contributed by atoms with Gasteiger partial charge in [-0.2, -0.15) is 0 Å². The van der Waals surface area contributed by atoms with Crippen LogP contribution in [0.4, 0.5) is 11.4 Å². The minimum atomic E-state index is -0.563. The number of rotatable bonds is 4. The van der Waals surface area contributed by atoms with Crippen LogP contribution in [0.25, 0.3) is 0 Å². The van der Waals surface area contributed by atoms with Crippen LogP contribution in [0, 0.1) is 30.6 Å². The number of esters is 1. The Morgan fingerprint density at radius 1 is 0.941 bits per heavy atom. The lowest BCUT2D eigenvalue weighted by Gasteiger charge is -2.22. The molecule has 0 saturated carbocycles. The van der Waals surface area contributed by atoms with Gasteiger partial charge in [0, 0.05) is 18.7 Å². The molecule has 0 bridgehead atoms. The fourth-order valence-corrected chi connectivity index (χ4v) is 5.10. The van der Waals surface area contributed by atoms with E-state index in [9.17, 15) is 19.2 Å². The number of nitrogens with zero attached hydrogens (tertiary/aromatic N) is 2. The van der Waals surface area contributed by atoms with Crippen molar-refractivity contribution in [3.63, 3.8) is 0 Å². The zero-order valence-electron chi connectivity index (χ0n) is 19.1. The topological polar surface area (TPSA) is 84.0 Å². The van der Waals surface area contributed by atoms with Gasteiger partial charge in [0.1, 0.15) is 5.75 Å². The molecule has 0 unspecified atom stereocenters. The second kappa shape index (κ2) is 8.56. The summed E-state index contributed by atoms with van der Waals surface area (Å²) in [4.78, 5) is 53.8. The van der Waals surface area contributed by atoms with Crippen molar-refractivity contribution in [3.05, 3.63) is 66.2 Å². The molecule has 0 spiro atoms. The Kier molecular flexibility index (Phi) is 5.55. The van der Waals surface area contributed by atoms with E-state index in [0.29, 0.717) is 17.9 Å². The average Bonchev–Trinajstić information content (AvgIpc) is 3.33. The molecule has 1 aliphatic carbocycles. The molecule has 0 aromatic heterocycles. The van der Waals surface area contributed by atoms with Crippen LogP contribution in [-0.4, -0.2) is 30.2 Å². The van der Waals surface area contributed by atoms with Crippen LogP contribution < -0.4 is 14.5 Å². The van der Waals surface area contributed by atoms with Crippen LogP contribution >= 0.6 is 0 Å². The number of benzene rings is 2. The fourth-order valence-electron chi connectivity index (χ4n) is 5.10. The standard InChI is InChI=1S/C27H26N2O5/c1-16-6-8-19(9-7-16)28-15-18(14-23(28)30)27(33)34-21-12-10-20(11-13-21)29-25(31)22-5-3-4-17(2)24(22)26(29)32/h3-4,6-13,17-18,22,24H,5,14-15H2,1-2H3/t17-,18-,22+,24-/m0/s1. The van der Waals surface area contributed by atoms with Crippen LogP contribution in [0.1, 0.15) is 25.3 Å². The molecule has 4 atom stereocenters. The maximum Gasteiger partial charge on any atom is 0.316 e. The summed E-state index contributed by atoms with van der Waals surface area (Å²) in [5.41, 5.74) is 2.33. The van der Waals surface area contributed by atoms with Gasteiger partial charge in [-0.3, -0.25) is 24.1 Å². The summed E-state index contributed by atoms with van der Waals surface area (Å²) < 4.78 is 5.52. The lowest BCUT2D eigenvalue weighted by molar-refractivity contribution is -0.139. The molecule has 2 aliphatic heterocycles. The quantitative estimate of drug-likeness (QED) is 0.302. The van der Waals surface area contributed by atoms with Crippen molar-refractivity contribution in [2.75, 3.05) is 16.3 Å². The summed E-state index contributed by atoms with van der Waals surface area (Å²) in [5.74, 6) is -1.84. The van der Waals surface area contributed by atoms with E-state index in [2.05, 4.69) is 0 Å². The predicted molar refractivity (Wildman–Crippen MR) is 126 cm³/mol. The maximum atomic E-state index is 12.9. The van der Waals surface area contributed by atoms with Gasteiger partial charge in [-0.05, 0) is 55.7 Å². The Morgan fingerprint density at radius 2 is 1.62 bits per heavy atom. The van der Waals surface area contributed by atoms with Gasteiger partial charge in [-0.15, -0.1) is 0 Å². The zero-order valence-corrected chi connectivity index (χ0v) is 19.1. The Balaban J connectivity index is 1.25. The van der Waals surface area contributed by atoms with Crippen molar-refractivity contribution in [3.8, 4) is 5.75 Å². The minimum absolute atomic E-state index is 0.0222. The molecule has 0 radical (unpaired) electrons.